The van der Waals surface area contributed by atoms with Gasteiger partial charge in [0.2, 0.25) is 0 Å². The second-order valence-corrected chi connectivity index (χ2v) is 5.26. The number of aliphatic carboxylic acids is 1. The van der Waals surface area contributed by atoms with E-state index >= 15 is 0 Å². The fraction of sp³-hybridized carbons (Fsp3) is 0.562. The van der Waals surface area contributed by atoms with E-state index in [1.165, 1.54) is 0 Å². The Kier molecular flexibility index (Phi) is 5.87. The highest BCUT2D eigenvalue weighted by molar-refractivity contribution is 5.73. The van der Waals surface area contributed by atoms with E-state index in [0.29, 0.717) is 37.2 Å². The highest BCUT2D eigenvalue weighted by Gasteiger charge is 2.28. The number of benzene rings is 1. The predicted octanol–water partition coefficient (Wildman–Crippen LogP) is 2.45. The van der Waals surface area contributed by atoms with Crippen molar-refractivity contribution in [3.8, 4) is 11.5 Å². The van der Waals surface area contributed by atoms with Crippen molar-refractivity contribution < 1.29 is 19.4 Å². The van der Waals surface area contributed by atoms with E-state index < -0.39 is 12.0 Å². The molecule has 1 aromatic rings. The van der Waals surface area contributed by atoms with Crippen molar-refractivity contribution in [1.29, 1.82) is 0 Å². The van der Waals surface area contributed by atoms with Crippen LogP contribution in [0.15, 0.2) is 24.3 Å². The van der Waals surface area contributed by atoms with Gasteiger partial charge in [0, 0.05) is 12.5 Å². The third kappa shape index (κ3) is 5.27. The molecule has 21 heavy (non-hydrogen) atoms. The highest BCUT2D eigenvalue weighted by atomic mass is 16.5. The van der Waals surface area contributed by atoms with Crippen LogP contribution in [0.25, 0.3) is 0 Å². The molecule has 1 atom stereocenters. The van der Waals surface area contributed by atoms with Gasteiger partial charge in [-0.25, -0.2) is 0 Å². The second kappa shape index (κ2) is 7.88. The quantitative estimate of drug-likeness (QED) is 0.693. The molecule has 2 N–H and O–H groups in total. The van der Waals surface area contributed by atoms with Gasteiger partial charge in [-0.2, -0.15) is 0 Å². The number of ether oxygens (including phenoxy) is 2. The maximum Gasteiger partial charge on any atom is 0.320 e. The summed E-state index contributed by atoms with van der Waals surface area (Å²) in [7, 11) is 0. The van der Waals surface area contributed by atoms with Crippen LogP contribution in [0.3, 0.4) is 0 Å². The molecular weight excluding hydrogens is 270 g/mol. The number of nitrogens with one attached hydrogen (secondary N) is 1. The maximum atomic E-state index is 11.2. The number of carboxylic acids is 1. The normalized spacial score (nSPS) is 15.5. The first kappa shape index (κ1) is 15.6. The zero-order chi connectivity index (χ0) is 15.1. The molecule has 5 heteroatoms. The van der Waals surface area contributed by atoms with Crippen molar-refractivity contribution in [2.75, 3.05) is 13.2 Å². The molecule has 0 saturated heterocycles. The Balaban J connectivity index is 1.82. The van der Waals surface area contributed by atoms with Crippen LogP contribution in [0.2, 0.25) is 0 Å². The van der Waals surface area contributed by atoms with Crippen LogP contribution in [-0.2, 0) is 4.79 Å². The van der Waals surface area contributed by atoms with Crippen molar-refractivity contribution in [3.63, 3.8) is 0 Å². The summed E-state index contributed by atoms with van der Waals surface area (Å²) < 4.78 is 11.3. The molecule has 1 saturated carbocycles. The fourth-order valence-corrected chi connectivity index (χ4v) is 2.00. The summed E-state index contributed by atoms with van der Waals surface area (Å²) in [4.78, 5) is 11.2. The molecule has 116 valence electrons. The molecule has 0 radical (unpaired) electrons. The van der Waals surface area contributed by atoms with Gasteiger partial charge in [-0.05, 0) is 31.4 Å². The lowest BCUT2D eigenvalue weighted by molar-refractivity contribution is -0.139. The molecule has 0 aromatic heterocycles. The van der Waals surface area contributed by atoms with Crippen LogP contribution in [0.5, 0.6) is 11.5 Å². The Bertz CT molecular complexity index is 459. The summed E-state index contributed by atoms with van der Waals surface area (Å²) in [5.41, 5.74) is 0. The van der Waals surface area contributed by atoms with Gasteiger partial charge >= 0.3 is 5.97 Å². The van der Waals surface area contributed by atoms with Gasteiger partial charge in [0.25, 0.3) is 0 Å². The SMILES string of the molecule is CCCOc1ccccc1OCCC(NC1CC1)C(=O)O. The van der Waals surface area contributed by atoms with Crippen LogP contribution in [0.1, 0.15) is 32.6 Å². The number of hydrogen-bond acceptors (Lipinski definition) is 4. The van der Waals surface area contributed by atoms with Gasteiger partial charge in [0.05, 0.1) is 13.2 Å². The minimum Gasteiger partial charge on any atom is -0.490 e. The average Bonchev–Trinajstić information content (AvgIpc) is 3.29. The number of rotatable bonds is 10. The molecule has 0 bridgehead atoms. The molecule has 0 aliphatic heterocycles. The van der Waals surface area contributed by atoms with Crippen molar-refractivity contribution >= 4 is 5.97 Å². The first-order chi connectivity index (χ1) is 10.2. The van der Waals surface area contributed by atoms with Crippen LogP contribution in [0, 0.1) is 0 Å². The summed E-state index contributed by atoms with van der Waals surface area (Å²) >= 11 is 0. The van der Waals surface area contributed by atoms with E-state index in [4.69, 9.17) is 9.47 Å². The third-order valence-corrected chi connectivity index (χ3v) is 3.29. The third-order valence-electron chi connectivity index (χ3n) is 3.29. The van der Waals surface area contributed by atoms with Gasteiger partial charge in [-0.3, -0.25) is 4.79 Å². The molecule has 1 unspecified atom stereocenters. The molecule has 5 nitrogen and oxygen atoms in total. The Labute approximate surface area is 125 Å². The summed E-state index contributed by atoms with van der Waals surface area (Å²) in [6.07, 6.45) is 3.51. The Morgan fingerprint density at radius 3 is 2.43 bits per heavy atom. The summed E-state index contributed by atoms with van der Waals surface area (Å²) in [6.45, 7) is 3.04. The number of carbonyl (C=O) groups is 1. The number of para-hydroxylation sites is 2. The monoisotopic (exact) mass is 293 g/mol. The average molecular weight is 293 g/mol. The minimum absolute atomic E-state index is 0.350. The molecule has 1 fully saturated rings. The smallest absolute Gasteiger partial charge is 0.320 e. The molecule has 1 aliphatic carbocycles. The minimum atomic E-state index is -0.819. The molecular formula is C16H23NO4. The standard InChI is InChI=1S/C16H23NO4/c1-2-10-20-14-5-3-4-6-15(14)21-11-9-13(16(18)19)17-12-7-8-12/h3-6,12-13,17H,2,7-11H2,1H3,(H,18,19). The Morgan fingerprint density at radius 1 is 1.29 bits per heavy atom. The maximum absolute atomic E-state index is 11.2. The van der Waals surface area contributed by atoms with Crippen LogP contribution < -0.4 is 14.8 Å². The lowest BCUT2D eigenvalue weighted by Crippen LogP contribution is -2.39. The number of carboxylic acid groups (broad SMARTS) is 1. The largest absolute Gasteiger partial charge is 0.490 e. The Morgan fingerprint density at radius 2 is 1.90 bits per heavy atom. The zero-order valence-electron chi connectivity index (χ0n) is 12.4. The van der Waals surface area contributed by atoms with Gasteiger partial charge in [-0.1, -0.05) is 19.1 Å². The molecule has 0 amide bonds. The van der Waals surface area contributed by atoms with E-state index in [-0.39, 0.29) is 0 Å². The predicted molar refractivity (Wildman–Crippen MR) is 79.9 cm³/mol. The van der Waals surface area contributed by atoms with Crippen LogP contribution >= 0.6 is 0 Å². The number of hydrogen-bond donors (Lipinski definition) is 2. The van der Waals surface area contributed by atoms with Gasteiger partial charge in [0.1, 0.15) is 6.04 Å². The summed E-state index contributed by atoms with van der Waals surface area (Å²) in [5.74, 6) is 0.559. The van der Waals surface area contributed by atoms with Crippen molar-refractivity contribution in [3.05, 3.63) is 24.3 Å². The van der Waals surface area contributed by atoms with E-state index in [1.807, 2.05) is 31.2 Å². The van der Waals surface area contributed by atoms with Crippen molar-refractivity contribution in [2.24, 2.45) is 0 Å². The summed E-state index contributed by atoms with van der Waals surface area (Å²) in [6, 6.07) is 7.31. The molecule has 1 aliphatic rings. The van der Waals surface area contributed by atoms with E-state index in [2.05, 4.69) is 5.32 Å². The second-order valence-electron chi connectivity index (χ2n) is 5.26. The highest BCUT2D eigenvalue weighted by Crippen LogP contribution is 2.27. The van der Waals surface area contributed by atoms with Gasteiger partial charge in [-0.15, -0.1) is 0 Å². The van der Waals surface area contributed by atoms with Crippen LogP contribution in [0.4, 0.5) is 0 Å². The summed E-state index contributed by atoms with van der Waals surface area (Å²) in [5, 5.41) is 12.3. The first-order valence-corrected chi connectivity index (χ1v) is 7.54. The van der Waals surface area contributed by atoms with Crippen LogP contribution in [-0.4, -0.2) is 36.4 Å². The fourth-order valence-electron chi connectivity index (χ4n) is 2.00. The molecule has 0 spiro atoms. The van der Waals surface area contributed by atoms with Crippen molar-refractivity contribution in [1.82, 2.24) is 5.32 Å². The molecule has 0 heterocycles. The van der Waals surface area contributed by atoms with Crippen molar-refractivity contribution in [2.45, 2.75) is 44.7 Å². The molecule has 1 aromatic carbocycles. The van der Waals surface area contributed by atoms with E-state index in [9.17, 15) is 9.90 Å². The molecule has 2 rings (SSSR count). The van der Waals surface area contributed by atoms with Gasteiger partial charge < -0.3 is 19.9 Å². The first-order valence-electron chi connectivity index (χ1n) is 7.54. The van der Waals surface area contributed by atoms with E-state index in [1.54, 1.807) is 0 Å². The van der Waals surface area contributed by atoms with Gasteiger partial charge in [0.15, 0.2) is 11.5 Å². The van der Waals surface area contributed by atoms with E-state index in [0.717, 1.165) is 19.3 Å². The lowest BCUT2D eigenvalue weighted by Gasteiger charge is -2.16. The lowest BCUT2D eigenvalue weighted by atomic mass is 10.2. The Hall–Kier alpha value is -1.75. The zero-order valence-corrected chi connectivity index (χ0v) is 12.4. The topological polar surface area (TPSA) is 67.8 Å².